The molecule has 1 aliphatic rings. The molecule has 1 heterocycles. The molecule has 0 aromatic carbocycles. The van der Waals surface area contributed by atoms with E-state index in [-0.39, 0.29) is 0 Å². The molecule has 60 valence electrons. The topological polar surface area (TPSA) is 33.3 Å². The monoisotopic (exact) mass is 144 g/mol. The van der Waals surface area contributed by atoms with Crippen LogP contribution in [-0.2, 0) is 4.74 Å². The van der Waals surface area contributed by atoms with E-state index in [4.69, 9.17) is 4.74 Å². The summed E-state index contributed by atoms with van der Waals surface area (Å²) in [7, 11) is 3.73. The molecule has 0 saturated carbocycles. The second-order valence-corrected chi connectivity index (χ2v) is 2.79. The normalized spacial score (nSPS) is 40.5. The van der Waals surface area contributed by atoms with Gasteiger partial charge in [0.15, 0.2) is 0 Å². The van der Waals surface area contributed by atoms with Gasteiger partial charge in [-0.15, -0.1) is 0 Å². The van der Waals surface area contributed by atoms with Gasteiger partial charge >= 0.3 is 0 Å². The van der Waals surface area contributed by atoms with Crippen molar-refractivity contribution in [1.29, 1.82) is 0 Å². The summed E-state index contributed by atoms with van der Waals surface area (Å²) in [6.45, 7) is 3.13. The third kappa shape index (κ3) is 1.31. The highest BCUT2D eigenvalue weighted by Gasteiger charge is 2.31. The molecular formula is C7H16N2O. The number of methoxy groups -OCH3 is 1. The molecule has 0 amide bonds. The van der Waals surface area contributed by atoms with Crippen molar-refractivity contribution in [1.82, 2.24) is 10.6 Å². The van der Waals surface area contributed by atoms with Gasteiger partial charge in [-0.25, -0.2) is 0 Å². The largest absolute Gasteiger partial charge is 0.378 e. The van der Waals surface area contributed by atoms with Crippen LogP contribution < -0.4 is 10.6 Å². The van der Waals surface area contributed by atoms with Crippen LogP contribution in [0.25, 0.3) is 0 Å². The molecule has 1 rings (SSSR count). The quantitative estimate of drug-likeness (QED) is 0.552. The lowest BCUT2D eigenvalue weighted by molar-refractivity contribution is 0.0951. The number of hydrogen-bond acceptors (Lipinski definition) is 3. The summed E-state index contributed by atoms with van der Waals surface area (Å²) in [6.07, 6.45) is 0.333. The van der Waals surface area contributed by atoms with Crippen LogP contribution in [0.4, 0.5) is 0 Å². The smallest absolute Gasteiger partial charge is 0.0863 e. The lowest BCUT2D eigenvalue weighted by Gasteiger charge is -2.19. The molecule has 1 saturated heterocycles. The third-order valence-corrected chi connectivity index (χ3v) is 2.22. The first-order valence-electron chi connectivity index (χ1n) is 3.73. The Morgan fingerprint density at radius 2 is 2.30 bits per heavy atom. The summed E-state index contributed by atoms with van der Waals surface area (Å²) >= 11 is 0. The maximum Gasteiger partial charge on any atom is 0.0863 e. The standard InChI is InChI=1S/C7H16N2O/c1-5-7(8-2)6(10-3)4-9-5/h5-9H,4H2,1-3H3. The second-order valence-electron chi connectivity index (χ2n) is 2.79. The fourth-order valence-corrected chi connectivity index (χ4v) is 1.54. The minimum Gasteiger partial charge on any atom is -0.378 e. The van der Waals surface area contributed by atoms with Crippen LogP contribution in [0.2, 0.25) is 0 Å². The van der Waals surface area contributed by atoms with Gasteiger partial charge in [0.05, 0.1) is 6.10 Å². The van der Waals surface area contributed by atoms with Crippen molar-refractivity contribution in [2.45, 2.75) is 25.1 Å². The molecule has 0 spiro atoms. The van der Waals surface area contributed by atoms with Gasteiger partial charge in [0.2, 0.25) is 0 Å². The molecule has 0 aliphatic carbocycles. The summed E-state index contributed by atoms with van der Waals surface area (Å²) in [5.41, 5.74) is 0. The molecule has 3 unspecified atom stereocenters. The van der Waals surface area contributed by atoms with Crippen LogP contribution in [0.1, 0.15) is 6.92 Å². The molecule has 3 atom stereocenters. The van der Waals surface area contributed by atoms with Crippen molar-refractivity contribution < 1.29 is 4.74 Å². The molecule has 10 heavy (non-hydrogen) atoms. The Kier molecular flexibility index (Phi) is 2.65. The van der Waals surface area contributed by atoms with Crippen LogP contribution in [0.3, 0.4) is 0 Å². The van der Waals surface area contributed by atoms with Gasteiger partial charge in [0.1, 0.15) is 0 Å². The Balaban J connectivity index is 2.45. The van der Waals surface area contributed by atoms with E-state index in [0.29, 0.717) is 18.2 Å². The molecule has 3 heteroatoms. The molecule has 0 aromatic heterocycles. The van der Waals surface area contributed by atoms with Crippen LogP contribution in [0, 0.1) is 0 Å². The summed E-state index contributed by atoms with van der Waals surface area (Å²) in [6, 6.07) is 0.986. The van der Waals surface area contributed by atoms with Crippen molar-refractivity contribution in [3.8, 4) is 0 Å². The van der Waals surface area contributed by atoms with Gasteiger partial charge < -0.3 is 15.4 Å². The Morgan fingerprint density at radius 1 is 1.60 bits per heavy atom. The highest BCUT2D eigenvalue weighted by molar-refractivity contribution is 4.93. The number of ether oxygens (including phenoxy) is 1. The average Bonchev–Trinajstić information content (AvgIpc) is 2.30. The fraction of sp³-hybridized carbons (Fsp3) is 1.00. The first kappa shape index (κ1) is 7.98. The highest BCUT2D eigenvalue weighted by Crippen LogP contribution is 2.09. The first-order chi connectivity index (χ1) is 4.79. The zero-order valence-electron chi connectivity index (χ0n) is 6.85. The van der Waals surface area contributed by atoms with E-state index < -0.39 is 0 Å². The van der Waals surface area contributed by atoms with E-state index in [2.05, 4.69) is 17.6 Å². The first-order valence-corrected chi connectivity index (χ1v) is 3.73. The van der Waals surface area contributed by atoms with Gasteiger partial charge in [-0.2, -0.15) is 0 Å². The third-order valence-electron chi connectivity index (χ3n) is 2.22. The van der Waals surface area contributed by atoms with Crippen LogP contribution in [-0.4, -0.2) is 38.9 Å². The summed E-state index contributed by atoms with van der Waals surface area (Å²) in [4.78, 5) is 0. The minimum absolute atomic E-state index is 0.333. The SMILES string of the molecule is CNC1C(C)NCC1OC. The fourth-order valence-electron chi connectivity index (χ4n) is 1.54. The molecule has 1 fully saturated rings. The van der Waals surface area contributed by atoms with Crippen molar-refractivity contribution in [3.63, 3.8) is 0 Å². The van der Waals surface area contributed by atoms with Crippen molar-refractivity contribution in [2.24, 2.45) is 0 Å². The highest BCUT2D eigenvalue weighted by atomic mass is 16.5. The van der Waals surface area contributed by atoms with E-state index in [1.807, 2.05) is 7.05 Å². The summed E-state index contributed by atoms with van der Waals surface area (Å²) in [5, 5.41) is 6.56. The van der Waals surface area contributed by atoms with Crippen LogP contribution >= 0.6 is 0 Å². The molecule has 0 aromatic rings. The molecular weight excluding hydrogens is 128 g/mol. The van der Waals surface area contributed by atoms with E-state index in [0.717, 1.165) is 6.54 Å². The lowest BCUT2D eigenvalue weighted by Crippen LogP contribution is -2.42. The van der Waals surface area contributed by atoms with E-state index in [1.54, 1.807) is 7.11 Å². The molecule has 0 bridgehead atoms. The number of likely N-dealkylation sites (N-methyl/N-ethyl adjacent to an activating group) is 1. The molecule has 3 nitrogen and oxygen atoms in total. The Morgan fingerprint density at radius 3 is 2.70 bits per heavy atom. The van der Waals surface area contributed by atoms with E-state index in [1.165, 1.54) is 0 Å². The number of rotatable bonds is 2. The Bertz CT molecular complexity index is 108. The summed E-state index contributed by atoms with van der Waals surface area (Å²) < 4.78 is 5.26. The van der Waals surface area contributed by atoms with Crippen molar-refractivity contribution in [3.05, 3.63) is 0 Å². The molecule has 1 aliphatic heterocycles. The minimum atomic E-state index is 0.333. The zero-order valence-corrected chi connectivity index (χ0v) is 6.85. The van der Waals surface area contributed by atoms with Gasteiger partial charge in [-0.1, -0.05) is 0 Å². The van der Waals surface area contributed by atoms with Crippen molar-refractivity contribution >= 4 is 0 Å². The van der Waals surface area contributed by atoms with E-state index >= 15 is 0 Å². The second kappa shape index (κ2) is 3.32. The Hall–Kier alpha value is -0.120. The molecule has 0 radical (unpaired) electrons. The zero-order chi connectivity index (χ0) is 7.56. The van der Waals surface area contributed by atoms with Gasteiger partial charge in [-0.3, -0.25) is 0 Å². The maximum atomic E-state index is 5.26. The average molecular weight is 144 g/mol. The Labute approximate surface area is 62.1 Å². The van der Waals surface area contributed by atoms with Gasteiger partial charge in [0, 0.05) is 25.7 Å². The van der Waals surface area contributed by atoms with Gasteiger partial charge in [-0.05, 0) is 14.0 Å². The summed E-state index contributed by atoms with van der Waals surface area (Å²) in [5.74, 6) is 0. The maximum absolute atomic E-state index is 5.26. The lowest BCUT2D eigenvalue weighted by atomic mass is 10.1. The van der Waals surface area contributed by atoms with Crippen molar-refractivity contribution in [2.75, 3.05) is 20.7 Å². The number of nitrogens with one attached hydrogen (secondary N) is 2. The number of hydrogen-bond donors (Lipinski definition) is 2. The predicted molar refractivity (Wildman–Crippen MR) is 41.1 cm³/mol. The van der Waals surface area contributed by atoms with E-state index in [9.17, 15) is 0 Å². The molecule has 2 N–H and O–H groups in total. The van der Waals surface area contributed by atoms with Crippen LogP contribution in [0.15, 0.2) is 0 Å². The predicted octanol–water partition coefficient (Wildman–Crippen LogP) is -0.419. The van der Waals surface area contributed by atoms with Crippen LogP contribution in [0.5, 0.6) is 0 Å². The van der Waals surface area contributed by atoms with Gasteiger partial charge in [0.25, 0.3) is 0 Å².